The largest absolute Gasteiger partial charge is 0.335 e. The Morgan fingerprint density at radius 2 is 1.88 bits per heavy atom. The molecule has 1 saturated heterocycles. The number of barbiturate groups is 1. The molecule has 1 aliphatic rings. The summed E-state index contributed by atoms with van der Waals surface area (Å²) in [4.78, 5) is 48.3. The van der Waals surface area contributed by atoms with Crippen molar-refractivity contribution in [2.45, 2.75) is 6.92 Å². The van der Waals surface area contributed by atoms with E-state index in [1.165, 1.54) is 18.2 Å². The van der Waals surface area contributed by atoms with E-state index in [0.29, 0.717) is 16.1 Å². The number of carbonyl (C=O) groups excluding carboxylic acids is 3. The lowest BCUT2D eigenvalue weighted by atomic mass is 10.1. The van der Waals surface area contributed by atoms with Crippen LogP contribution in [0, 0.1) is 17.0 Å². The highest BCUT2D eigenvalue weighted by Crippen LogP contribution is 2.28. The van der Waals surface area contributed by atoms with Crippen LogP contribution in [0.5, 0.6) is 0 Å². The van der Waals surface area contributed by atoms with Crippen LogP contribution in [0.1, 0.15) is 10.4 Å². The number of nitrogens with zero attached hydrogens (tertiary/aromatic N) is 2. The van der Waals surface area contributed by atoms with E-state index in [-0.39, 0.29) is 10.6 Å². The molecule has 1 aromatic carbocycles. The predicted octanol–water partition coefficient (Wildman–Crippen LogP) is 2.63. The zero-order chi connectivity index (χ0) is 18.1. The van der Waals surface area contributed by atoms with Crippen molar-refractivity contribution in [2.75, 3.05) is 4.90 Å². The van der Waals surface area contributed by atoms with Gasteiger partial charge in [-0.25, -0.2) is 9.69 Å². The van der Waals surface area contributed by atoms with Gasteiger partial charge in [-0.2, -0.15) is 0 Å². The van der Waals surface area contributed by atoms with Crippen LogP contribution < -0.4 is 10.2 Å². The highest BCUT2D eigenvalue weighted by atomic mass is 32.1. The molecule has 2 heterocycles. The highest BCUT2D eigenvalue weighted by molar-refractivity contribution is 7.16. The lowest BCUT2D eigenvalue weighted by Crippen LogP contribution is -2.54. The maximum absolute atomic E-state index is 12.7. The van der Waals surface area contributed by atoms with Crippen LogP contribution in [0.25, 0.3) is 6.08 Å². The van der Waals surface area contributed by atoms with E-state index in [1.807, 2.05) is 0 Å². The SMILES string of the molecule is Cc1ccccc1N1C(=O)NC(=O)/C(=C/c2ccc([N+](=O)[O-])s2)C1=O. The molecule has 8 nitrogen and oxygen atoms in total. The van der Waals surface area contributed by atoms with E-state index in [1.54, 1.807) is 31.2 Å². The molecule has 1 fully saturated rings. The fraction of sp³-hybridized carbons (Fsp3) is 0.0625. The zero-order valence-electron chi connectivity index (χ0n) is 12.9. The summed E-state index contributed by atoms with van der Waals surface area (Å²) in [7, 11) is 0. The summed E-state index contributed by atoms with van der Waals surface area (Å²) in [5, 5.41) is 12.8. The van der Waals surface area contributed by atoms with E-state index in [9.17, 15) is 24.5 Å². The quantitative estimate of drug-likeness (QED) is 0.393. The van der Waals surface area contributed by atoms with Crippen molar-refractivity contribution in [3.05, 3.63) is 62.5 Å². The number of rotatable bonds is 3. The molecule has 126 valence electrons. The number of benzene rings is 1. The molecule has 25 heavy (non-hydrogen) atoms. The highest BCUT2D eigenvalue weighted by Gasteiger charge is 2.37. The number of carbonyl (C=O) groups is 3. The van der Waals surface area contributed by atoms with Crippen LogP contribution in [0.4, 0.5) is 15.5 Å². The monoisotopic (exact) mass is 357 g/mol. The van der Waals surface area contributed by atoms with Crippen molar-refractivity contribution in [1.82, 2.24) is 5.32 Å². The van der Waals surface area contributed by atoms with E-state index in [0.717, 1.165) is 16.2 Å². The van der Waals surface area contributed by atoms with Crippen LogP contribution >= 0.6 is 11.3 Å². The Balaban J connectivity index is 2.02. The summed E-state index contributed by atoms with van der Waals surface area (Å²) in [5.41, 5.74) is 0.784. The van der Waals surface area contributed by atoms with E-state index in [4.69, 9.17) is 0 Å². The second-order valence-electron chi connectivity index (χ2n) is 5.18. The van der Waals surface area contributed by atoms with Gasteiger partial charge in [-0.15, -0.1) is 0 Å². The minimum absolute atomic E-state index is 0.109. The Morgan fingerprint density at radius 3 is 2.52 bits per heavy atom. The Bertz CT molecular complexity index is 947. The summed E-state index contributed by atoms with van der Waals surface area (Å²) < 4.78 is 0. The molecule has 0 bridgehead atoms. The summed E-state index contributed by atoms with van der Waals surface area (Å²) in [5.74, 6) is -1.62. The molecule has 0 saturated carbocycles. The van der Waals surface area contributed by atoms with Gasteiger partial charge in [0, 0.05) is 10.9 Å². The van der Waals surface area contributed by atoms with E-state index >= 15 is 0 Å². The summed E-state index contributed by atoms with van der Waals surface area (Å²) in [6.45, 7) is 1.73. The van der Waals surface area contributed by atoms with Crippen molar-refractivity contribution < 1.29 is 19.3 Å². The molecular formula is C16H11N3O5S. The number of hydrogen-bond acceptors (Lipinski definition) is 6. The van der Waals surface area contributed by atoms with Gasteiger partial charge in [-0.1, -0.05) is 29.5 Å². The molecule has 0 aliphatic carbocycles. The molecule has 1 aliphatic heterocycles. The van der Waals surface area contributed by atoms with Crippen LogP contribution in [0.3, 0.4) is 0 Å². The smallest absolute Gasteiger partial charge is 0.273 e. The first-order chi connectivity index (χ1) is 11.9. The average Bonchev–Trinajstić information content (AvgIpc) is 3.02. The fourth-order valence-corrected chi connectivity index (χ4v) is 3.12. The lowest BCUT2D eigenvalue weighted by molar-refractivity contribution is -0.380. The molecule has 0 spiro atoms. The molecular weight excluding hydrogens is 346 g/mol. The maximum Gasteiger partial charge on any atom is 0.335 e. The first kappa shape index (κ1) is 16.5. The summed E-state index contributed by atoms with van der Waals surface area (Å²) >= 11 is 0.829. The Labute approximate surface area is 145 Å². The minimum atomic E-state index is -0.837. The normalized spacial score (nSPS) is 16.3. The van der Waals surface area contributed by atoms with Gasteiger partial charge in [-0.3, -0.25) is 25.0 Å². The first-order valence-electron chi connectivity index (χ1n) is 7.10. The van der Waals surface area contributed by atoms with Crippen molar-refractivity contribution in [3.63, 3.8) is 0 Å². The number of nitro groups is 1. The molecule has 9 heteroatoms. The Hall–Kier alpha value is -3.33. The van der Waals surface area contributed by atoms with Gasteiger partial charge in [0.2, 0.25) is 0 Å². The molecule has 1 N–H and O–H groups in total. The molecule has 4 amide bonds. The van der Waals surface area contributed by atoms with Crippen LogP contribution in [0.15, 0.2) is 42.0 Å². The molecule has 1 aromatic heterocycles. The minimum Gasteiger partial charge on any atom is -0.273 e. The lowest BCUT2D eigenvalue weighted by Gasteiger charge is -2.27. The van der Waals surface area contributed by atoms with Crippen molar-refractivity contribution in [1.29, 1.82) is 0 Å². The average molecular weight is 357 g/mol. The third kappa shape index (κ3) is 3.04. The van der Waals surface area contributed by atoms with Crippen LogP contribution in [0.2, 0.25) is 0 Å². The van der Waals surface area contributed by atoms with Gasteiger partial charge in [0.15, 0.2) is 0 Å². The van der Waals surface area contributed by atoms with E-state index < -0.39 is 22.8 Å². The topological polar surface area (TPSA) is 110 Å². The molecule has 0 atom stereocenters. The molecule has 0 unspecified atom stereocenters. The summed E-state index contributed by atoms with van der Waals surface area (Å²) in [6, 6.07) is 8.65. The third-order valence-corrected chi connectivity index (χ3v) is 4.52. The number of urea groups is 1. The first-order valence-corrected chi connectivity index (χ1v) is 7.91. The number of hydrogen-bond donors (Lipinski definition) is 1. The maximum atomic E-state index is 12.7. The summed E-state index contributed by atoms with van der Waals surface area (Å²) in [6.07, 6.45) is 1.24. The van der Waals surface area contributed by atoms with Gasteiger partial charge in [0.05, 0.1) is 10.6 Å². The number of anilines is 1. The predicted molar refractivity (Wildman–Crippen MR) is 91.2 cm³/mol. The number of para-hydroxylation sites is 1. The van der Waals surface area contributed by atoms with Gasteiger partial charge in [0.25, 0.3) is 11.8 Å². The number of thiophene rings is 1. The van der Waals surface area contributed by atoms with Crippen molar-refractivity contribution in [2.24, 2.45) is 0 Å². The number of nitrogens with one attached hydrogen (secondary N) is 1. The number of aryl methyl sites for hydroxylation is 1. The van der Waals surface area contributed by atoms with Gasteiger partial charge in [0.1, 0.15) is 5.57 Å². The Kier molecular flexibility index (Phi) is 4.15. The van der Waals surface area contributed by atoms with E-state index in [2.05, 4.69) is 5.32 Å². The molecule has 0 radical (unpaired) electrons. The van der Waals surface area contributed by atoms with Crippen molar-refractivity contribution >= 4 is 45.9 Å². The number of imide groups is 2. The second kappa shape index (κ2) is 6.29. The molecule has 2 aromatic rings. The molecule has 3 rings (SSSR count). The van der Waals surface area contributed by atoms with Crippen LogP contribution in [-0.4, -0.2) is 22.8 Å². The van der Waals surface area contributed by atoms with Gasteiger partial charge >= 0.3 is 11.0 Å². The van der Waals surface area contributed by atoms with Gasteiger partial charge < -0.3 is 0 Å². The Morgan fingerprint density at radius 1 is 1.16 bits per heavy atom. The van der Waals surface area contributed by atoms with Crippen LogP contribution in [-0.2, 0) is 9.59 Å². The number of amides is 4. The zero-order valence-corrected chi connectivity index (χ0v) is 13.7. The van der Waals surface area contributed by atoms with Gasteiger partial charge in [-0.05, 0) is 30.7 Å². The second-order valence-corrected chi connectivity index (χ2v) is 6.27. The standard InChI is InChI=1S/C16H11N3O5S/c1-9-4-2-3-5-12(9)18-15(21)11(14(20)17-16(18)22)8-10-6-7-13(25-10)19(23)24/h2-8H,1H3,(H,17,20,22)/b11-8-. The third-order valence-electron chi connectivity index (χ3n) is 3.54. The fourth-order valence-electron chi connectivity index (χ4n) is 2.35. The van der Waals surface area contributed by atoms with Crippen molar-refractivity contribution in [3.8, 4) is 0 Å².